The fraction of sp³-hybridized carbons (Fsp3) is 0.714. The van der Waals surface area contributed by atoms with E-state index in [1.807, 2.05) is 20.8 Å². The molecule has 0 radical (unpaired) electrons. The Balaban J connectivity index is 0.00000400. The van der Waals surface area contributed by atoms with Gasteiger partial charge < -0.3 is 15.4 Å². The van der Waals surface area contributed by atoms with Crippen LogP contribution in [0.25, 0.3) is 0 Å². The number of guanidine groups is 1. The minimum Gasteiger partial charge on any atom is -0.382 e. The van der Waals surface area contributed by atoms with Crippen LogP contribution in [-0.4, -0.2) is 37.2 Å². The van der Waals surface area contributed by atoms with Crippen molar-refractivity contribution in [1.29, 1.82) is 0 Å². The first kappa shape index (κ1) is 20.6. The highest BCUT2D eigenvalue weighted by molar-refractivity contribution is 14.0. The number of ether oxygens (including phenoxy) is 1. The summed E-state index contributed by atoms with van der Waals surface area (Å²) in [5.41, 5.74) is 1.09. The molecule has 0 saturated heterocycles. The normalized spacial score (nSPS) is 11.1. The smallest absolute Gasteiger partial charge is 0.191 e. The second-order valence-corrected chi connectivity index (χ2v) is 5.70. The van der Waals surface area contributed by atoms with Crippen LogP contribution >= 0.6 is 35.3 Å². The summed E-state index contributed by atoms with van der Waals surface area (Å²) in [4.78, 5) is 10.3. The molecule has 0 amide bonds. The standard InChI is InChI=1S/C14H26N4OS.HI/c1-5-15-14(16-8-7-9-19-6-2)17-10-13-11(3)18-12(4)20-13;/h5-10H2,1-4H3,(H2,15,16,17);1H. The molecule has 21 heavy (non-hydrogen) atoms. The molecule has 0 unspecified atom stereocenters. The largest absolute Gasteiger partial charge is 0.382 e. The van der Waals surface area contributed by atoms with Gasteiger partial charge in [-0.25, -0.2) is 9.98 Å². The summed E-state index contributed by atoms with van der Waals surface area (Å²) in [5, 5.41) is 7.67. The Morgan fingerprint density at radius 2 is 2.05 bits per heavy atom. The van der Waals surface area contributed by atoms with Crippen LogP contribution in [0.3, 0.4) is 0 Å². The van der Waals surface area contributed by atoms with Crippen molar-refractivity contribution in [2.24, 2.45) is 4.99 Å². The van der Waals surface area contributed by atoms with E-state index in [4.69, 9.17) is 4.74 Å². The second kappa shape index (κ2) is 12.2. The summed E-state index contributed by atoms with van der Waals surface area (Å²) in [5.74, 6) is 0.856. The molecule has 0 atom stereocenters. The van der Waals surface area contributed by atoms with Gasteiger partial charge in [0.2, 0.25) is 0 Å². The predicted molar refractivity (Wildman–Crippen MR) is 101 cm³/mol. The first-order valence-corrected chi connectivity index (χ1v) is 8.01. The quantitative estimate of drug-likeness (QED) is 0.291. The van der Waals surface area contributed by atoms with Crippen molar-refractivity contribution in [3.8, 4) is 0 Å². The van der Waals surface area contributed by atoms with E-state index >= 15 is 0 Å². The topological polar surface area (TPSA) is 58.5 Å². The molecule has 0 aliphatic carbocycles. The molecule has 0 aliphatic rings. The maximum absolute atomic E-state index is 5.32. The number of nitrogens with zero attached hydrogens (tertiary/aromatic N) is 2. The number of thiazole rings is 1. The van der Waals surface area contributed by atoms with Gasteiger partial charge in [0.25, 0.3) is 0 Å². The Morgan fingerprint density at radius 1 is 1.29 bits per heavy atom. The van der Waals surface area contributed by atoms with E-state index in [9.17, 15) is 0 Å². The number of aryl methyl sites for hydroxylation is 2. The van der Waals surface area contributed by atoms with Crippen LogP contribution in [-0.2, 0) is 11.3 Å². The molecule has 1 rings (SSSR count). The van der Waals surface area contributed by atoms with E-state index in [1.54, 1.807) is 11.3 Å². The molecule has 0 aliphatic heterocycles. The molecule has 0 saturated carbocycles. The number of hydrogen-bond acceptors (Lipinski definition) is 4. The van der Waals surface area contributed by atoms with Crippen LogP contribution in [0.5, 0.6) is 0 Å². The SMILES string of the molecule is CCNC(=NCc1sc(C)nc1C)NCCCOCC.I. The summed E-state index contributed by atoms with van der Waals surface area (Å²) in [6, 6.07) is 0. The summed E-state index contributed by atoms with van der Waals surface area (Å²) >= 11 is 1.72. The molecule has 0 aromatic carbocycles. The monoisotopic (exact) mass is 426 g/mol. The fourth-order valence-corrected chi connectivity index (χ4v) is 2.60. The van der Waals surface area contributed by atoms with E-state index < -0.39 is 0 Å². The maximum Gasteiger partial charge on any atom is 0.191 e. The third kappa shape index (κ3) is 8.57. The predicted octanol–water partition coefficient (Wildman–Crippen LogP) is 2.86. The molecule has 1 heterocycles. The van der Waals surface area contributed by atoms with Gasteiger partial charge in [-0.05, 0) is 34.1 Å². The molecule has 0 bridgehead atoms. The lowest BCUT2D eigenvalue weighted by Crippen LogP contribution is -2.38. The molecular weight excluding hydrogens is 399 g/mol. The number of aliphatic imine (C=N–C) groups is 1. The molecule has 7 heteroatoms. The summed E-state index contributed by atoms with van der Waals surface area (Å²) in [6.45, 7) is 12.1. The van der Waals surface area contributed by atoms with Gasteiger partial charge in [-0.2, -0.15) is 0 Å². The average Bonchev–Trinajstić information content (AvgIpc) is 2.74. The Morgan fingerprint density at radius 3 is 2.62 bits per heavy atom. The first-order valence-electron chi connectivity index (χ1n) is 7.20. The molecular formula is C14H27IN4OS. The van der Waals surface area contributed by atoms with Gasteiger partial charge in [-0.15, -0.1) is 35.3 Å². The van der Waals surface area contributed by atoms with E-state index in [2.05, 4.69) is 27.5 Å². The average molecular weight is 426 g/mol. The van der Waals surface area contributed by atoms with Gasteiger partial charge in [-0.1, -0.05) is 0 Å². The Labute approximate surface area is 149 Å². The molecule has 5 nitrogen and oxygen atoms in total. The van der Waals surface area contributed by atoms with E-state index in [0.29, 0.717) is 6.54 Å². The lowest BCUT2D eigenvalue weighted by atomic mass is 10.4. The summed E-state index contributed by atoms with van der Waals surface area (Å²) < 4.78 is 5.32. The molecule has 1 aromatic rings. The number of hydrogen-bond donors (Lipinski definition) is 2. The minimum absolute atomic E-state index is 0. The van der Waals surface area contributed by atoms with Crippen LogP contribution in [0, 0.1) is 13.8 Å². The number of aromatic nitrogens is 1. The number of halogens is 1. The highest BCUT2D eigenvalue weighted by Crippen LogP contribution is 2.17. The lowest BCUT2D eigenvalue weighted by molar-refractivity contribution is 0.145. The third-order valence-electron chi connectivity index (χ3n) is 2.69. The van der Waals surface area contributed by atoms with Crippen molar-refractivity contribution in [3.63, 3.8) is 0 Å². The van der Waals surface area contributed by atoms with Crippen LogP contribution in [0.2, 0.25) is 0 Å². The van der Waals surface area contributed by atoms with Crippen LogP contribution < -0.4 is 10.6 Å². The minimum atomic E-state index is 0. The van der Waals surface area contributed by atoms with Crippen LogP contribution in [0.4, 0.5) is 0 Å². The zero-order valence-corrected chi connectivity index (χ0v) is 16.5. The van der Waals surface area contributed by atoms with Gasteiger partial charge in [-0.3, -0.25) is 0 Å². The second-order valence-electron chi connectivity index (χ2n) is 4.41. The highest BCUT2D eigenvalue weighted by Gasteiger charge is 2.04. The van der Waals surface area contributed by atoms with Gasteiger partial charge in [0.1, 0.15) is 0 Å². The van der Waals surface area contributed by atoms with Crippen molar-refractivity contribution in [1.82, 2.24) is 15.6 Å². The van der Waals surface area contributed by atoms with E-state index in [0.717, 1.165) is 49.4 Å². The zero-order chi connectivity index (χ0) is 14.8. The maximum atomic E-state index is 5.32. The fourth-order valence-electron chi connectivity index (χ4n) is 1.74. The Kier molecular flexibility index (Phi) is 11.9. The molecule has 122 valence electrons. The molecule has 1 aromatic heterocycles. The molecule has 0 spiro atoms. The van der Waals surface area contributed by atoms with E-state index in [1.165, 1.54) is 4.88 Å². The Hall–Kier alpha value is -0.410. The highest BCUT2D eigenvalue weighted by atomic mass is 127. The van der Waals surface area contributed by atoms with Gasteiger partial charge in [0, 0.05) is 31.2 Å². The van der Waals surface area contributed by atoms with Gasteiger partial charge in [0.15, 0.2) is 5.96 Å². The number of nitrogens with one attached hydrogen (secondary N) is 2. The number of rotatable bonds is 8. The van der Waals surface area contributed by atoms with Crippen molar-refractivity contribution in [2.75, 3.05) is 26.3 Å². The Bertz CT molecular complexity index is 423. The van der Waals surface area contributed by atoms with Crippen molar-refractivity contribution in [2.45, 2.75) is 40.7 Å². The van der Waals surface area contributed by atoms with Gasteiger partial charge >= 0.3 is 0 Å². The van der Waals surface area contributed by atoms with E-state index in [-0.39, 0.29) is 24.0 Å². The van der Waals surface area contributed by atoms with Crippen molar-refractivity contribution < 1.29 is 4.74 Å². The van der Waals surface area contributed by atoms with Crippen LogP contribution in [0.15, 0.2) is 4.99 Å². The summed E-state index contributed by atoms with van der Waals surface area (Å²) in [7, 11) is 0. The first-order chi connectivity index (χ1) is 9.67. The third-order valence-corrected chi connectivity index (χ3v) is 3.74. The molecule has 2 N–H and O–H groups in total. The summed E-state index contributed by atoms with van der Waals surface area (Å²) in [6.07, 6.45) is 0.983. The molecule has 0 fully saturated rings. The van der Waals surface area contributed by atoms with Crippen LogP contribution in [0.1, 0.15) is 35.8 Å². The van der Waals surface area contributed by atoms with Crippen molar-refractivity contribution >= 4 is 41.3 Å². The zero-order valence-electron chi connectivity index (χ0n) is 13.4. The lowest BCUT2D eigenvalue weighted by Gasteiger charge is -2.11. The van der Waals surface area contributed by atoms with Crippen molar-refractivity contribution in [3.05, 3.63) is 15.6 Å². The van der Waals surface area contributed by atoms with Gasteiger partial charge in [0.05, 0.1) is 17.2 Å².